The van der Waals surface area contributed by atoms with Crippen LogP contribution in [0.3, 0.4) is 0 Å². The first kappa shape index (κ1) is 25.0. The summed E-state index contributed by atoms with van der Waals surface area (Å²) in [5, 5.41) is 16.6. The summed E-state index contributed by atoms with van der Waals surface area (Å²) in [6, 6.07) is 9.77. The van der Waals surface area contributed by atoms with Crippen LogP contribution < -0.4 is 25.2 Å². The zero-order chi connectivity index (χ0) is 25.7. The molecule has 1 aromatic heterocycles. The topological polar surface area (TPSA) is 132 Å². The third-order valence-corrected chi connectivity index (χ3v) is 5.65. The molecule has 0 unspecified atom stereocenters. The minimum absolute atomic E-state index is 0.168. The standard InChI is InChI=1S/C25H28N4O7/c1-3-35-20-14-19(28-9-11-34-12-10-28)21(36-4-2)13-18(20)26-22(30)15-29-24(31)17-8-6-5-7-16(17)23(27-29)25(32)33/h5-8,13-14H,3-4,9-12,15H2,1-2H3,(H,26,30)(H,32,33). The molecule has 1 saturated heterocycles. The highest BCUT2D eigenvalue weighted by molar-refractivity contribution is 6.01. The number of benzene rings is 2. The monoisotopic (exact) mass is 496 g/mol. The van der Waals surface area contributed by atoms with Gasteiger partial charge in [-0.1, -0.05) is 18.2 Å². The second-order valence-corrected chi connectivity index (χ2v) is 7.99. The minimum atomic E-state index is -1.29. The molecule has 1 aliphatic rings. The molecule has 1 amide bonds. The van der Waals surface area contributed by atoms with Gasteiger partial charge in [-0.2, -0.15) is 5.10 Å². The number of carboxylic acids is 1. The smallest absolute Gasteiger partial charge is 0.357 e. The second kappa shape index (κ2) is 11.1. The van der Waals surface area contributed by atoms with Gasteiger partial charge in [-0.15, -0.1) is 0 Å². The molecule has 11 nitrogen and oxygen atoms in total. The molecule has 0 spiro atoms. The third kappa shape index (κ3) is 5.25. The van der Waals surface area contributed by atoms with E-state index in [2.05, 4.69) is 15.3 Å². The highest BCUT2D eigenvalue weighted by atomic mass is 16.5. The van der Waals surface area contributed by atoms with Crippen LogP contribution in [0.4, 0.5) is 11.4 Å². The van der Waals surface area contributed by atoms with Gasteiger partial charge in [-0.3, -0.25) is 9.59 Å². The van der Waals surface area contributed by atoms with Crippen molar-refractivity contribution in [3.63, 3.8) is 0 Å². The zero-order valence-corrected chi connectivity index (χ0v) is 20.2. The van der Waals surface area contributed by atoms with E-state index in [0.29, 0.717) is 56.7 Å². The van der Waals surface area contributed by atoms with Gasteiger partial charge in [-0.05, 0) is 19.9 Å². The first-order valence-corrected chi connectivity index (χ1v) is 11.7. The van der Waals surface area contributed by atoms with E-state index in [1.807, 2.05) is 19.9 Å². The summed E-state index contributed by atoms with van der Waals surface area (Å²) in [4.78, 5) is 39.7. The third-order valence-electron chi connectivity index (χ3n) is 5.65. The van der Waals surface area contributed by atoms with Crippen molar-refractivity contribution >= 4 is 34.0 Å². The average molecular weight is 497 g/mol. The molecule has 0 aliphatic carbocycles. The van der Waals surface area contributed by atoms with Crippen molar-refractivity contribution in [1.29, 1.82) is 0 Å². The van der Waals surface area contributed by atoms with E-state index in [4.69, 9.17) is 14.2 Å². The fraction of sp³-hybridized carbons (Fsp3) is 0.360. The number of carbonyl (C=O) groups is 2. The lowest BCUT2D eigenvalue weighted by molar-refractivity contribution is -0.117. The minimum Gasteiger partial charge on any atom is -0.492 e. The Labute approximate surface area is 207 Å². The molecular weight excluding hydrogens is 468 g/mol. The van der Waals surface area contributed by atoms with Gasteiger partial charge in [0.05, 0.1) is 43.2 Å². The number of ether oxygens (including phenoxy) is 3. The normalized spacial score (nSPS) is 13.4. The van der Waals surface area contributed by atoms with Crippen molar-refractivity contribution in [3.8, 4) is 11.5 Å². The van der Waals surface area contributed by atoms with Crippen molar-refractivity contribution < 1.29 is 28.9 Å². The molecule has 2 N–H and O–H groups in total. The van der Waals surface area contributed by atoms with E-state index >= 15 is 0 Å². The van der Waals surface area contributed by atoms with Crippen LogP contribution in [0.5, 0.6) is 11.5 Å². The maximum absolute atomic E-state index is 13.0. The van der Waals surface area contributed by atoms with E-state index in [1.54, 1.807) is 18.2 Å². The molecule has 3 aromatic rings. The van der Waals surface area contributed by atoms with E-state index in [1.165, 1.54) is 12.1 Å². The molecule has 1 fully saturated rings. The molecule has 0 bridgehead atoms. The molecule has 4 rings (SSSR count). The Morgan fingerprint density at radius 3 is 2.39 bits per heavy atom. The predicted octanol–water partition coefficient (Wildman–Crippen LogP) is 2.37. The number of amides is 1. The van der Waals surface area contributed by atoms with Crippen LogP contribution in [-0.2, 0) is 16.1 Å². The number of aromatic carboxylic acids is 1. The van der Waals surface area contributed by atoms with Gasteiger partial charge in [0.15, 0.2) is 5.69 Å². The van der Waals surface area contributed by atoms with Crippen molar-refractivity contribution in [3.05, 3.63) is 52.4 Å². The lowest BCUT2D eigenvalue weighted by Crippen LogP contribution is -2.36. The van der Waals surface area contributed by atoms with Gasteiger partial charge in [0.25, 0.3) is 5.56 Å². The van der Waals surface area contributed by atoms with Crippen LogP contribution in [0.2, 0.25) is 0 Å². The van der Waals surface area contributed by atoms with Crippen molar-refractivity contribution in [2.24, 2.45) is 0 Å². The highest BCUT2D eigenvalue weighted by Gasteiger charge is 2.22. The molecule has 0 atom stereocenters. The Hall–Kier alpha value is -4.12. The van der Waals surface area contributed by atoms with Gasteiger partial charge in [0, 0.05) is 30.6 Å². The van der Waals surface area contributed by atoms with Crippen LogP contribution in [0, 0.1) is 0 Å². The van der Waals surface area contributed by atoms with E-state index in [0.717, 1.165) is 10.4 Å². The zero-order valence-electron chi connectivity index (χ0n) is 20.2. The fourth-order valence-corrected chi connectivity index (χ4v) is 4.07. The maximum atomic E-state index is 13.0. The molecule has 2 heterocycles. The van der Waals surface area contributed by atoms with Crippen molar-refractivity contribution in [2.75, 3.05) is 49.7 Å². The Balaban J connectivity index is 1.66. The molecule has 2 aromatic carbocycles. The first-order valence-electron chi connectivity index (χ1n) is 11.7. The Morgan fingerprint density at radius 1 is 1.06 bits per heavy atom. The number of rotatable bonds is 9. The molecular formula is C25H28N4O7. The van der Waals surface area contributed by atoms with E-state index in [-0.39, 0.29) is 16.5 Å². The molecule has 11 heteroatoms. The second-order valence-electron chi connectivity index (χ2n) is 7.99. The Kier molecular flexibility index (Phi) is 7.69. The van der Waals surface area contributed by atoms with Gasteiger partial charge in [0.2, 0.25) is 5.91 Å². The summed E-state index contributed by atoms with van der Waals surface area (Å²) in [5.74, 6) is -0.842. The lowest BCUT2D eigenvalue weighted by Gasteiger charge is -2.31. The van der Waals surface area contributed by atoms with Gasteiger partial charge in [-0.25, -0.2) is 9.48 Å². The number of hydrogen-bond acceptors (Lipinski definition) is 8. The van der Waals surface area contributed by atoms with Crippen molar-refractivity contribution in [2.45, 2.75) is 20.4 Å². The van der Waals surface area contributed by atoms with Crippen LogP contribution in [-0.4, -0.2) is 66.3 Å². The highest BCUT2D eigenvalue weighted by Crippen LogP contribution is 2.39. The summed E-state index contributed by atoms with van der Waals surface area (Å²) in [5.41, 5.74) is 0.338. The molecule has 190 valence electrons. The number of carboxylic acid groups (broad SMARTS) is 1. The predicted molar refractivity (Wildman–Crippen MR) is 133 cm³/mol. The number of aromatic nitrogens is 2. The SMILES string of the molecule is CCOc1cc(N2CCOCC2)c(OCC)cc1NC(=O)Cn1nc(C(=O)O)c2ccccc2c1=O. The number of nitrogens with zero attached hydrogens (tertiary/aromatic N) is 3. The van der Waals surface area contributed by atoms with E-state index < -0.39 is 24.0 Å². The number of hydrogen-bond donors (Lipinski definition) is 2. The van der Waals surface area contributed by atoms with Gasteiger partial charge >= 0.3 is 5.97 Å². The van der Waals surface area contributed by atoms with Gasteiger partial charge < -0.3 is 29.5 Å². The summed E-state index contributed by atoms with van der Waals surface area (Å²) in [6.07, 6.45) is 0. The number of anilines is 2. The van der Waals surface area contributed by atoms with Crippen LogP contribution in [0.15, 0.2) is 41.2 Å². The summed E-state index contributed by atoms with van der Waals surface area (Å²) in [6.45, 7) is 6.60. The van der Waals surface area contributed by atoms with Crippen molar-refractivity contribution in [1.82, 2.24) is 9.78 Å². The number of fused-ring (bicyclic) bond motifs is 1. The summed E-state index contributed by atoms with van der Waals surface area (Å²) in [7, 11) is 0. The Morgan fingerprint density at radius 2 is 1.72 bits per heavy atom. The lowest BCUT2D eigenvalue weighted by atomic mass is 10.1. The number of carbonyl (C=O) groups excluding carboxylic acids is 1. The first-order chi connectivity index (χ1) is 17.4. The van der Waals surface area contributed by atoms with Crippen LogP contribution in [0.1, 0.15) is 24.3 Å². The van der Waals surface area contributed by atoms with Crippen LogP contribution >= 0.6 is 0 Å². The molecule has 36 heavy (non-hydrogen) atoms. The van der Waals surface area contributed by atoms with Crippen LogP contribution in [0.25, 0.3) is 10.8 Å². The number of nitrogens with one attached hydrogen (secondary N) is 1. The largest absolute Gasteiger partial charge is 0.492 e. The number of morpholine rings is 1. The summed E-state index contributed by atoms with van der Waals surface area (Å²) < 4.78 is 17.9. The average Bonchev–Trinajstić information content (AvgIpc) is 2.88. The Bertz CT molecular complexity index is 1330. The molecule has 0 saturated carbocycles. The maximum Gasteiger partial charge on any atom is 0.357 e. The quantitative estimate of drug-likeness (QED) is 0.458. The van der Waals surface area contributed by atoms with E-state index in [9.17, 15) is 19.5 Å². The molecule has 1 aliphatic heterocycles. The fourth-order valence-electron chi connectivity index (χ4n) is 4.07. The summed E-state index contributed by atoms with van der Waals surface area (Å²) >= 11 is 0. The molecule has 0 radical (unpaired) electrons. The van der Waals surface area contributed by atoms with Gasteiger partial charge in [0.1, 0.15) is 18.0 Å².